The van der Waals surface area contributed by atoms with Crippen LogP contribution in [0.2, 0.25) is 0 Å². The van der Waals surface area contributed by atoms with Crippen LogP contribution in [0.5, 0.6) is 5.75 Å². The molecular formula is C32H36F2N4O7S. The molecule has 0 aromatic heterocycles. The van der Waals surface area contributed by atoms with Crippen LogP contribution in [0.15, 0.2) is 59.5 Å². The van der Waals surface area contributed by atoms with Gasteiger partial charge >= 0.3 is 6.09 Å². The SMILES string of the molecule is CCOc1cc([C@@H](Nc2cc(C(N)=O)ccc2F)C(=O)N2CCC[C@@H]2c2cc(N(C)C(=O)O)ccc2S(=O)(=O)C(C)C)ccc1F. The molecule has 1 aliphatic heterocycles. The molecule has 4 N–H and O–H groups in total. The summed E-state index contributed by atoms with van der Waals surface area (Å²) in [6, 6.07) is 9.15. The molecular weight excluding hydrogens is 622 g/mol. The number of carboxylic acid groups (broad SMARTS) is 1. The van der Waals surface area contributed by atoms with Crippen molar-refractivity contribution < 1.29 is 41.4 Å². The molecule has 0 bridgehead atoms. The number of likely N-dealkylation sites (tertiary alicyclic amines) is 1. The first-order valence-corrected chi connectivity index (χ1v) is 16.1. The number of anilines is 2. The zero-order chi connectivity index (χ0) is 33.9. The number of hydrogen-bond donors (Lipinski definition) is 3. The molecule has 0 unspecified atom stereocenters. The molecule has 3 aromatic carbocycles. The van der Waals surface area contributed by atoms with E-state index in [-0.39, 0.29) is 51.9 Å². The molecule has 46 heavy (non-hydrogen) atoms. The van der Waals surface area contributed by atoms with E-state index in [1.54, 1.807) is 6.92 Å². The maximum absolute atomic E-state index is 15.1. The molecule has 0 aliphatic carbocycles. The summed E-state index contributed by atoms with van der Waals surface area (Å²) in [5, 5.41) is 11.6. The minimum absolute atomic E-state index is 0.0221. The van der Waals surface area contributed by atoms with E-state index in [0.717, 1.165) is 23.1 Å². The van der Waals surface area contributed by atoms with E-state index in [0.29, 0.717) is 12.8 Å². The van der Waals surface area contributed by atoms with Crippen molar-refractivity contribution in [3.63, 3.8) is 0 Å². The number of carbonyl (C=O) groups is 3. The molecule has 1 fully saturated rings. The van der Waals surface area contributed by atoms with E-state index in [4.69, 9.17) is 10.5 Å². The molecule has 2 atom stereocenters. The zero-order valence-corrected chi connectivity index (χ0v) is 26.6. The molecule has 11 nitrogen and oxygen atoms in total. The number of amides is 3. The average Bonchev–Trinajstić information content (AvgIpc) is 3.50. The van der Waals surface area contributed by atoms with Crippen LogP contribution in [0.1, 0.15) is 67.2 Å². The molecule has 3 amide bonds. The van der Waals surface area contributed by atoms with Gasteiger partial charge in [0.15, 0.2) is 21.4 Å². The lowest BCUT2D eigenvalue weighted by Crippen LogP contribution is -2.38. The first kappa shape index (κ1) is 34.2. The highest BCUT2D eigenvalue weighted by Gasteiger charge is 2.38. The maximum atomic E-state index is 15.1. The number of rotatable bonds is 11. The number of carbonyl (C=O) groups excluding carboxylic acids is 2. The van der Waals surface area contributed by atoms with Crippen LogP contribution < -0.4 is 20.7 Å². The van der Waals surface area contributed by atoms with Crippen molar-refractivity contribution in [2.45, 2.75) is 55.8 Å². The first-order chi connectivity index (χ1) is 21.7. The predicted molar refractivity (Wildman–Crippen MR) is 168 cm³/mol. The van der Waals surface area contributed by atoms with E-state index in [2.05, 4.69) is 5.32 Å². The second-order valence-electron chi connectivity index (χ2n) is 11.1. The van der Waals surface area contributed by atoms with Crippen molar-refractivity contribution >= 4 is 39.1 Å². The van der Waals surface area contributed by atoms with E-state index < -0.39 is 56.7 Å². The standard InChI is InChI=1S/C32H36F2N4O7S/c1-5-45-27-16-19(8-12-24(27)34)29(36-25-15-20(30(35)39)9-11-23(25)33)31(40)38-14-6-7-26(38)22-17-21(37(4)32(41)42)10-13-28(22)46(43,44)18(2)3/h8-13,15-18,26,29,36H,5-7,14H2,1-4H3,(H2,35,39)(H,41,42)/t26-,29-/m1/s1. The summed E-state index contributed by atoms with van der Waals surface area (Å²) in [7, 11) is -2.57. The Balaban J connectivity index is 1.87. The topological polar surface area (TPSA) is 159 Å². The normalized spacial score (nSPS) is 15.5. The average molecular weight is 659 g/mol. The fraction of sp³-hybridized carbons (Fsp3) is 0.344. The summed E-state index contributed by atoms with van der Waals surface area (Å²) in [5.74, 6) is -3.04. The van der Waals surface area contributed by atoms with Crippen LogP contribution in [0.3, 0.4) is 0 Å². The van der Waals surface area contributed by atoms with Gasteiger partial charge in [0.25, 0.3) is 0 Å². The number of halogens is 2. The Kier molecular flexibility index (Phi) is 10.2. The summed E-state index contributed by atoms with van der Waals surface area (Å²) in [6.45, 7) is 5.01. The first-order valence-electron chi connectivity index (χ1n) is 14.6. The Morgan fingerprint density at radius 1 is 1.09 bits per heavy atom. The lowest BCUT2D eigenvalue weighted by molar-refractivity contribution is -0.133. The van der Waals surface area contributed by atoms with Crippen LogP contribution in [-0.4, -0.2) is 61.8 Å². The Labute approximate surface area is 265 Å². The predicted octanol–water partition coefficient (Wildman–Crippen LogP) is 5.28. The van der Waals surface area contributed by atoms with Crippen LogP contribution in [0.4, 0.5) is 25.0 Å². The van der Waals surface area contributed by atoms with Crippen LogP contribution in [0, 0.1) is 11.6 Å². The van der Waals surface area contributed by atoms with E-state index >= 15 is 4.39 Å². The number of primary amides is 1. The van der Waals surface area contributed by atoms with E-state index in [1.165, 1.54) is 62.2 Å². The van der Waals surface area contributed by atoms with Crippen LogP contribution in [0.25, 0.3) is 0 Å². The van der Waals surface area contributed by atoms with Crippen molar-refractivity contribution in [3.8, 4) is 5.75 Å². The van der Waals surface area contributed by atoms with Crippen LogP contribution >= 0.6 is 0 Å². The number of nitrogens with zero attached hydrogens (tertiary/aromatic N) is 2. The molecule has 3 aromatic rings. The van der Waals surface area contributed by atoms with Crippen molar-refractivity contribution in [1.82, 2.24) is 4.90 Å². The van der Waals surface area contributed by atoms with Gasteiger partial charge in [-0.25, -0.2) is 22.0 Å². The van der Waals surface area contributed by atoms with Gasteiger partial charge in [0.1, 0.15) is 11.9 Å². The van der Waals surface area contributed by atoms with E-state index in [9.17, 15) is 32.3 Å². The van der Waals surface area contributed by atoms with Gasteiger partial charge in [-0.05, 0) is 93.3 Å². The summed E-state index contributed by atoms with van der Waals surface area (Å²) in [5.41, 5.74) is 5.80. The Bertz CT molecular complexity index is 1770. The number of hydrogen-bond acceptors (Lipinski definition) is 7. The minimum atomic E-state index is -3.88. The third kappa shape index (κ3) is 6.91. The molecule has 0 radical (unpaired) electrons. The van der Waals surface area contributed by atoms with Gasteiger partial charge in [0.2, 0.25) is 11.8 Å². The van der Waals surface area contributed by atoms with Gasteiger partial charge in [-0.15, -0.1) is 0 Å². The molecule has 0 saturated carbocycles. The molecule has 1 heterocycles. The van der Waals surface area contributed by atoms with Gasteiger partial charge < -0.3 is 25.8 Å². The van der Waals surface area contributed by atoms with Gasteiger partial charge in [-0.1, -0.05) is 6.07 Å². The summed E-state index contributed by atoms with van der Waals surface area (Å²) in [6.07, 6.45) is -0.448. The van der Waals surface area contributed by atoms with E-state index in [1.807, 2.05) is 0 Å². The molecule has 246 valence electrons. The number of ether oxygens (including phenoxy) is 1. The largest absolute Gasteiger partial charge is 0.491 e. The lowest BCUT2D eigenvalue weighted by Gasteiger charge is -2.32. The fourth-order valence-corrected chi connectivity index (χ4v) is 6.64. The fourth-order valence-electron chi connectivity index (χ4n) is 5.35. The van der Waals surface area contributed by atoms with Gasteiger partial charge in [-0.3, -0.25) is 14.5 Å². The number of nitrogens with one attached hydrogen (secondary N) is 1. The van der Waals surface area contributed by atoms with Crippen molar-refractivity contribution in [3.05, 3.63) is 82.9 Å². The number of benzene rings is 3. The monoisotopic (exact) mass is 658 g/mol. The van der Waals surface area contributed by atoms with Crippen molar-refractivity contribution in [2.75, 3.05) is 30.4 Å². The summed E-state index contributed by atoms with van der Waals surface area (Å²) < 4.78 is 62.0. The van der Waals surface area contributed by atoms with Gasteiger partial charge in [0, 0.05) is 24.8 Å². The highest BCUT2D eigenvalue weighted by molar-refractivity contribution is 7.92. The smallest absolute Gasteiger partial charge is 0.411 e. The molecule has 1 saturated heterocycles. The molecule has 14 heteroatoms. The number of sulfone groups is 1. The Hall–Kier alpha value is -4.72. The zero-order valence-electron chi connectivity index (χ0n) is 25.8. The summed E-state index contributed by atoms with van der Waals surface area (Å²) in [4.78, 5) is 40.4. The summed E-state index contributed by atoms with van der Waals surface area (Å²) >= 11 is 0. The second kappa shape index (κ2) is 13.7. The highest BCUT2D eigenvalue weighted by atomic mass is 32.2. The van der Waals surface area contributed by atoms with Crippen molar-refractivity contribution in [2.24, 2.45) is 5.73 Å². The highest BCUT2D eigenvalue weighted by Crippen LogP contribution is 2.41. The molecule has 0 spiro atoms. The Morgan fingerprint density at radius 3 is 2.41 bits per heavy atom. The third-order valence-corrected chi connectivity index (χ3v) is 10.1. The molecule has 1 aliphatic rings. The molecule has 4 rings (SSSR count). The second-order valence-corrected chi connectivity index (χ2v) is 13.6. The van der Waals surface area contributed by atoms with Crippen LogP contribution in [-0.2, 0) is 14.6 Å². The van der Waals surface area contributed by atoms with Crippen molar-refractivity contribution in [1.29, 1.82) is 0 Å². The van der Waals surface area contributed by atoms with Gasteiger partial charge in [-0.2, -0.15) is 0 Å². The third-order valence-electron chi connectivity index (χ3n) is 7.88. The maximum Gasteiger partial charge on any atom is 0.411 e. The van der Waals surface area contributed by atoms with Gasteiger partial charge in [0.05, 0.1) is 28.5 Å². The quantitative estimate of drug-likeness (QED) is 0.251. The number of nitrogens with two attached hydrogens (primary N) is 1. The lowest BCUT2D eigenvalue weighted by atomic mass is 10.00. The minimum Gasteiger partial charge on any atom is -0.491 e. The Morgan fingerprint density at radius 2 is 1.78 bits per heavy atom.